The first kappa shape index (κ1) is 9.53. The van der Waals surface area contributed by atoms with Gasteiger partial charge in [0.05, 0.1) is 11.5 Å². The summed E-state index contributed by atoms with van der Waals surface area (Å²) >= 11 is 8.83. The standard InChI is InChI=1S/C9H6BrClO/c10-9-3-1-7(2-4-9)8(5-11)6-12/h1-4H,5H2. The van der Waals surface area contributed by atoms with Crippen LogP contribution in [0, 0.1) is 0 Å². The van der Waals surface area contributed by atoms with Gasteiger partial charge in [0.25, 0.3) is 0 Å². The van der Waals surface area contributed by atoms with E-state index >= 15 is 0 Å². The summed E-state index contributed by atoms with van der Waals surface area (Å²) in [5.74, 6) is 2.01. The van der Waals surface area contributed by atoms with Crippen molar-refractivity contribution in [3.8, 4) is 0 Å². The van der Waals surface area contributed by atoms with Crippen molar-refractivity contribution in [3.63, 3.8) is 0 Å². The van der Waals surface area contributed by atoms with Crippen molar-refractivity contribution in [3.05, 3.63) is 34.3 Å². The smallest absolute Gasteiger partial charge is 0.129 e. The Morgan fingerprint density at radius 2 is 2.00 bits per heavy atom. The molecule has 0 atom stereocenters. The van der Waals surface area contributed by atoms with Crippen LogP contribution in [0.25, 0.3) is 5.57 Å². The molecule has 0 bridgehead atoms. The molecule has 1 nitrogen and oxygen atoms in total. The zero-order valence-corrected chi connectivity index (χ0v) is 8.52. The number of alkyl halides is 1. The van der Waals surface area contributed by atoms with Crippen molar-refractivity contribution >= 4 is 39.0 Å². The number of allylic oxidation sites excluding steroid dienone is 1. The van der Waals surface area contributed by atoms with Crippen LogP contribution in [0.1, 0.15) is 5.56 Å². The molecule has 0 amide bonds. The van der Waals surface area contributed by atoms with E-state index < -0.39 is 0 Å². The molecule has 1 aromatic rings. The van der Waals surface area contributed by atoms with Crippen molar-refractivity contribution in [2.45, 2.75) is 0 Å². The van der Waals surface area contributed by atoms with Gasteiger partial charge in [-0.05, 0) is 17.7 Å². The maximum absolute atomic E-state index is 10.4. The molecule has 0 aliphatic rings. The van der Waals surface area contributed by atoms with E-state index in [4.69, 9.17) is 11.6 Å². The molecule has 0 radical (unpaired) electrons. The van der Waals surface area contributed by atoms with Gasteiger partial charge in [-0.2, -0.15) is 0 Å². The molecule has 0 aliphatic heterocycles. The van der Waals surface area contributed by atoms with Gasteiger partial charge in [0.1, 0.15) is 5.94 Å². The fourth-order valence-corrected chi connectivity index (χ4v) is 1.29. The summed E-state index contributed by atoms with van der Waals surface area (Å²) in [6.45, 7) is 0. The number of carbonyl (C=O) groups excluding carboxylic acids is 1. The Labute approximate surface area is 84.2 Å². The predicted octanol–water partition coefficient (Wildman–Crippen LogP) is 2.90. The van der Waals surface area contributed by atoms with Crippen LogP contribution in [0.4, 0.5) is 0 Å². The fourth-order valence-electron chi connectivity index (χ4n) is 0.814. The minimum atomic E-state index is 0.200. The van der Waals surface area contributed by atoms with Crippen molar-refractivity contribution in [2.24, 2.45) is 0 Å². The van der Waals surface area contributed by atoms with Crippen LogP contribution in [0.15, 0.2) is 28.7 Å². The van der Waals surface area contributed by atoms with E-state index in [-0.39, 0.29) is 5.88 Å². The van der Waals surface area contributed by atoms with E-state index in [0.717, 1.165) is 10.0 Å². The van der Waals surface area contributed by atoms with Gasteiger partial charge in [-0.1, -0.05) is 28.1 Å². The summed E-state index contributed by atoms with van der Waals surface area (Å²) in [6.07, 6.45) is 0. The lowest BCUT2D eigenvalue weighted by Gasteiger charge is -1.97. The van der Waals surface area contributed by atoms with Crippen molar-refractivity contribution in [1.29, 1.82) is 0 Å². The van der Waals surface area contributed by atoms with Crippen LogP contribution < -0.4 is 0 Å². The Balaban J connectivity index is 3.04. The van der Waals surface area contributed by atoms with E-state index in [9.17, 15) is 4.79 Å². The Bertz CT molecular complexity index is 312. The molecule has 0 spiro atoms. The maximum atomic E-state index is 10.4. The van der Waals surface area contributed by atoms with E-state index in [0.29, 0.717) is 5.57 Å². The molecular weight excluding hydrogens is 239 g/mol. The largest absolute Gasteiger partial charge is 0.233 e. The minimum Gasteiger partial charge on any atom is -0.233 e. The van der Waals surface area contributed by atoms with E-state index in [1.54, 1.807) is 5.94 Å². The fraction of sp³-hybridized carbons (Fsp3) is 0.111. The first-order valence-electron chi connectivity index (χ1n) is 3.34. The number of rotatable bonds is 2. The lowest BCUT2D eigenvalue weighted by atomic mass is 10.1. The van der Waals surface area contributed by atoms with Crippen LogP contribution in [0.2, 0.25) is 0 Å². The molecule has 0 aromatic heterocycles. The van der Waals surface area contributed by atoms with Crippen LogP contribution in [-0.4, -0.2) is 11.8 Å². The van der Waals surface area contributed by atoms with Gasteiger partial charge in [-0.15, -0.1) is 11.6 Å². The molecule has 0 aliphatic carbocycles. The second kappa shape index (κ2) is 4.46. The summed E-state index contributed by atoms with van der Waals surface area (Å²) in [6, 6.07) is 7.37. The third kappa shape index (κ3) is 2.21. The van der Waals surface area contributed by atoms with E-state index in [1.165, 1.54) is 0 Å². The van der Waals surface area contributed by atoms with E-state index in [1.807, 2.05) is 24.3 Å². The highest BCUT2D eigenvalue weighted by molar-refractivity contribution is 9.10. The van der Waals surface area contributed by atoms with Gasteiger partial charge < -0.3 is 0 Å². The third-order valence-electron chi connectivity index (χ3n) is 1.45. The van der Waals surface area contributed by atoms with Gasteiger partial charge >= 0.3 is 0 Å². The summed E-state index contributed by atoms with van der Waals surface area (Å²) in [4.78, 5) is 10.4. The molecule has 1 aromatic carbocycles. The van der Waals surface area contributed by atoms with Crippen molar-refractivity contribution in [1.82, 2.24) is 0 Å². The van der Waals surface area contributed by atoms with Crippen LogP contribution in [0.5, 0.6) is 0 Å². The molecule has 12 heavy (non-hydrogen) atoms. The average Bonchev–Trinajstić information content (AvgIpc) is 2.10. The monoisotopic (exact) mass is 244 g/mol. The lowest BCUT2D eigenvalue weighted by molar-refractivity contribution is 0.569. The molecule has 1 rings (SSSR count). The first-order valence-corrected chi connectivity index (χ1v) is 4.66. The lowest BCUT2D eigenvalue weighted by Crippen LogP contribution is -1.85. The summed E-state index contributed by atoms with van der Waals surface area (Å²) in [5.41, 5.74) is 1.31. The van der Waals surface area contributed by atoms with Gasteiger partial charge in [0.2, 0.25) is 0 Å². The quantitative estimate of drug-likeness (QED) is 0.578. The van der Waals surface area contributed by atoms with Crippen molar-refractivity contribution < 1.29 is 4.79 Å². The molecule has 0 unspecified atom stereocenters. The summed E-state index contributed by atoms with van der Waals surface area (Å²) < 4.78 is 0.978. The zero-order valence-electron chi connectivity index (χ0n) is 6.18. The molecule has 0 fully saturated rings. The van der Waals surface area contributed by atoms with Gasteiger partial charge in [-0.3, -0.25) is 0 Å². The summed E-state index contributed by atoms with van der Waals surface area (Å²) in [7, 11) is 0. The second-order valence-corrected chi connectivity index (χ2v) is 3.40. The maximum Gasteiger partial charge on any atom is 0.129 e. The first-order chi connectivity index (χ1) is 5.77. The van der Waals surface area contributed by atoms with Crippen LogP contribution in [-0.2, 0) is 4.79 Å². The molecule has 0 saturated heterocycles. The normalized spacial score (nSPS) is 9.17. The van der Waals surface area contributed by atoms with Gasteiger partial charge in [0, 0.05) is 4.47 Å². The SMILES string of the molecule is O=C=C(CCl)c1ccc(Br)cc1. The molecule has 0 saturated carbocycles. The number of hydrogen-bond donors (Lipinski definition) is 0. The number of halogens is 2. The Morgan fingerprint density at radius 3 is 2.42 bits per heavy atom. The number of benzene rings is 1. The highest BCUT2D eigenvalue weighted by Gasteiger charge is 1.99. The highest BCUT2D eigenvalue weighted by Crippen LogP contribution is 2.16. The molecule has 0 N–H and O–H groups in total. The second-order valence-electron chi connectivity index (χ2n) is 2.22. The third-order valence-corrected chi connectivity index (χ3v) is 2.25. The summed E-state index contributed by atoms with van der Waals surface area (Å²) in [5, 5.41) is 0. The Kier molecular flexibility index (Phi) is 3.54. The van der Waals surface area contributed by atoms with Crippen molar-refractivity contribution in [2.75, 3.05) is 5.88 Å². The van der Waals surface area contributed by atoms with E-state index in [2.05, 4.69) is 15.9 Å². The molecule has 3 heteroatoms. The molecular formula is C9H6BrClO. The van der Waals surface area contributed by atoms with Gasteiger partial charge in [-0.25, -0.2) is 4.79 Å². The van der Waals surface area contributed by atoms with Crippen LogP contribution >= 0.6 is 27.5 Å². The molecule has 0 heterocycles. The van der Waals surface area contributed by atoms with Crippen LogP contribution in [0.3, 0.4) is 0 Å². The predicted molar refractivity (Wildman–Crippen MR) is 54.0 cm³/mol. The zero-order chi connectivity index (χ0) is 8.97. The average molecular weight is 246 g/mol. The Hall–Kier alpha value is -0.560. The minimum absolute atomic E-state index is 0.200. The highest BCUT2D eigenvalue weighted by atomic mass is 79.9. The Morgan fingerprint density at radius 1 is 1.42 bits per heavy atom. The van der Waals surface area contributed by atoms with Gasteiger partial charge in [0.15, 0.2) is 0 Å². The topological polar surface area (TPSA) is 17.1 Å². The number of hydrogen-bond acceptors (Lipinski definition) is 1. The molecule has 62 valence electrons.